The van der Waals surface area contributed by atoms with E-state index < -0.39 is 49.8 Å². The lowest BCUT2D eigenvalue weighted by Crippen LogP contribution is -2.49. The average Bonchev–Trinajstić information content (AvgIpc) is 3.70. The first-order valence-electron chi connectivity index (χ1n) is 17.1. The summed E-state index contributed by atoms with van der Waals surface area (Å²) in [7, 11) is 0. The maximum absolute atomic E-state index is 13.5. The van der Waals surface area contributed by atoms with Gasteiger partial charge >= 0.3 is 0 Å². The number of fused-ring (bicyclic) bond motifs is 6. The number of anilines is 1. The summed E-state index contributed by atoms with van der Waals surface area (Å²) in [6, 6.07) is 6.81. The molecule has 5 fully saturated rings. The first-order valence-corrected chi connectivity index (χ1v) is 13.8. The summed E-state index contributed by atoms with van der Waals surface area (Å²) in [5.74, 6) is -2.44. The number of carbonyl (C=O) groups excluding carboxylic acids is 2. The summed E-state index contributed by atoms with van der Waals surface area (Å²) in [5.41, 5.74) is 0. The van der Waals surface area contributed by atoms with Gasteiger partial charge in [0.15, 0.2) is 0 Å². The van der Waals surface area contributed by atoms with Crippen molar-refractivity contribution in [2.24, 2.45) is 35.5 Å². The molecular weight excluding hydrogens is 472 g/mol. The molecule has 2 bridgehead atoms. The van der Waals surface area contributed by atoms with E-state index in [1.165, 1.54) is 4.90 Å². The zero-order chi connectivity index (χ0) is 31.6. The number of imide groups is 1. The van der Waals surface area contributed by atoms with Crippen LogP contribution in [0.15, 0.2) is 24.3 Å². The summed E-state index contributed by atoms with van der Waals surface area (Å²) >= 11 is 1.01. The van der Waals surface area contributed by atoms with E-state index in [1.54, 1.807) is 24.3 Å². The third-order valence-corrected chi connectivity index (χ3v) is 9.95. The van der Waals surface area contributed by atoms with Crippen molar-refractivity contribution in [3.8, 4) is 0 Å². The van der Waals surface area contributed by atoms with Gasteiger partial charge in [0, 0.05) is 49.9 Å². The number of likely N-dealkylation sites (tertiary alicyclic amines) is 1. The molecule has 1 aromatic heterocycles. The molecule has 0 unspecified atom stereocenters. The lowest BCUT2D eigenvalue weighted by molar-refractivity contribution is -0.142. The Bertz CT molecular complexity index is 1480. The topological polar surface area (TPSA) is 77.0 Å². The monoisotopic (exact) mass is 516 g/mol. The highest BCUT2D eigenvalue weighted by atomic mass is 32.1. The Hall–Kier alpha value is -2.03. The number of hydrogen-bond acceptors (Lipinski definition) is 7. The van der Waals surface area contributed by atoms with Gasteiger partial charge in [-0.05, 0) is 73.0 Å². The quantitative estimate of drug-likeness (QED) is 0.615. The van der Waals surface area contributed by atoms with E-state index in [2.05, 4.69) is 4.37 Å². The van der Waals surface area contributed by atoms with Crippen LogP contribution in [0.4, 0.5) is 5.82 Å². The van der Waals surface area contributed by atoms with Crippen LogP contribution in [0, 0.1) is 35.5 Å². The molecule has 36 heavy (non-hydrogen) atoms. The second-order valence-corrected chi connectivity index (χ2v) is 11.8. The number of aliphatic hydroxyl groups excluding tert-OH is 1. The van der Waals surface area contributed by atoms with Gasteiger partial charge in [-0.1, -0.05) is 25.0 Å². The molecule has 0 spiro atoms. The van der Waals surface area contributed by atoms with E-state index in [-0.39, 0.29) is 48.5 Å². The molecule has 1 N–H and O–H groups in total. The van der Waals surface area contributed by atoms with Crippen LogP contribution in [0.1, 0.15) is 49.5 Å². The van der Waals surface area contributed by atoms with Crippen LogP contribution in [0.5, 0.6) is 0 Å². The van der Waals surface area contributed by atoms with E-state index in [1.807, 2.05) is 0 Å². The third kappa shape index (κ3) is 3.71. The molecule has 1 aromatic carbocycles. The molecule has 7 atom stereocenters. The van der Waals surface area contributed by atoms with Gasteiger partial charge in [0.25, 0.3) is 0 Å². The number of amides is 2. The maximum atomic E-state index is 13.5. The molecule has 2 saturated heterocycles. The fourth-order valence-electron chi connectivity index (χ4n) is 7.41. The SMILES string of the molecule is [2H]C1([2H])N(C[C@@H]2CCCC[C@H]2CN2C(=O)[C@@H]3[C@@H]4C[C@@H](C[C@@H]4O)[C@@H]3C2=O)C([2H])([2H])C([2H])([2H])N(c2nsc3ccccc23)C1([2H])[2H]. The lowest BCUT2D eigenvalue weighted by Gasteiger charge is -2.40. The Kier molecular flexibility index (Phi) is 4.04. The first kappa shape index (κ1) is 16.0. The van der Waals surface area contributed by atoms with Gasteiger partial charge in [0.05, 0.1) is 28.1 Å². The van der Waals surface area contributed by atoms with Gasteiger partial charge in [0.1, 0.15) is 5.82 Å². The van der Waals surface area contributed by atoms with Crippen LogP contribution in [0.2, 0.25) is 0 Å². The Morgan fingerprint density at radius 2 is 1.69 bits per heavy atom. The van der Waals surface area contributed by atoms with Crippen molar-refractivity contribution in [2.75, 3.05) is 44.0 Å². The highest BCUT2D eigenvalue weighted by Crippen LogP contribution is 2.56. The van der Waals surface area contributed by atoms with Crippen molar-refractivity contribution in [1.29, 1.82) is 0 Å². The Balaban J connectivity index is 1.18. The zero-order valence-electron chi connectivity index (χ0n) is 28.0. The summed E-state index contributed by atoms with van der Waals surface area (Å²) in [4.78, 5) is 29.5. The van der Waals surface area contributed by atoms with Crippen LogP contribution in [0.3, 0.4) is 0 Å². The third-order valence-electron chi connectivity index (χ3n) is 9.14. The largest absolute Gasteiger partial charge is 0.393 e. The van der Waals surface area contributed by atoms with Crippen LogP contribution in [0.25, 0.3) is 10.1 Å². The molecule has 3 heterocycles. The molecule has 7 rings (SSSR count). The molecule has 2 aromatic rings. The fourth-order valence-corrected chi connectivity index (χ4v) is 8.17. The van der Waals surface area contributed by atoms with Crippen molar-refractivity contribution >= 4 is 39.3 Å². The van der Waals surface area contributed by atoms with E-state index in [9.17, 15) is 14.7 Å². The minimum absolute atomic E-state index is 0.00121. The molecule has 192 valence electrons. The molecule has 7 nitrogen and oxygen atoms in total. The Labute approximate surface area is 227 Å². The number of piperazine rings is 1. The van der Waals surface area contributed by atoms with Gasteiger partial charge < -0.3 is 10.0 Å². The van der Waals surface area contributed by atoms with Crippen molar-refractivity contribution in [2.45, 2.75) is 44.6 Å². The average molecular weight is 517 g/mol. The van der Waals surface area contributed by atoms with Crippen molar-refractivity contribution in [1.82, 2.24) is 14.2 Å². The zero-order valence-corrected chi connectivity index (χ0v) is 20.8. The van der Waals surface area contributed by atoms with Crippen LogP contribution in [-0.2, 0) is 9.59 Å². The summed E-state index contributed by atoms with van der Waals surface area (Å²) < 4.78 is 76.7. The molecule has 2 amide bonds. The Morgan fingerprint density at radius 3 is 2.50 bits per heavy atom. The maximum Gasteiger partial charge on any atom is 0.233 e. The number of aromatic nitrogens is 1. The number of aliphatic hydroxyl groups is 1. The predicted molar refractivity (Wildman–Crippen MR) is 140 cm³/mol. The second kappa shape index (κ2) is 9.07. The lowest BCUT2D eigenvalue weighted by atomic mass is 9.78. The molecule has 2 aliphatic heterocycles. The van der Waals surface area contributed by atoms with Crippen molar-refractivity contribution in [3.05, 3.63) is 24.3 Å². The van der Waals surface area contributed by atoms with Crippen LogP contribution < -0.4 is 4.90 Å². The summed E-state index contributed by atoms with van der Waals surface area (Å²) in [6.07, 6.45) is 3.40. The highest BCUT2D eigenvalue weighted by molar-refractivity contribution is 7.13. The normalized spacial score (nSPS) is 45.8. The van der Waals surface area contributed by atoms with E-state index in [0.717, 1.165) is 24.4 Å². The molecule has 0 radical (unpaired) electrons. The number of carbonyl (C=O) groups is 2. The van der Waals surface area contributed by atoms with Crippen LogP contribution >= 0.6 is 11.5 Å². The Morgan fingerprint density at radius 1 is 0.972 bits per heavy atom. The van der Waals surface area contributed by atoms with Gasteiger partial charge in [0.2, 0.25) is 11.8 Å². The standard InChI is InChI=1S/C28H36N4O3S/c33-22-14-19-13-21(22)25-24(19)27(34)32(28(25)35)16-18-6-2-1-5-17(18)15-30-9-11-31(12-10-30)26-20-7-3-4-8-23(20)36-29-26/h3-4,7-8,17-19,21-22,24-25,33H,1-2,5-6,9-16H2/t17-,18-,19-,21+,22-,24-,25+/m0/s1/i9D2,10D2,11D2,12D2. The highest BCUT2D eigenvalue weighted by Gasteiger charge is 2.63. The molecule has 8 heteroatoms. The van der Waals surface area contributed by atoms with E-state index in [0.29, 0.717) is 45.6 Å². The molecule has 3 saturated carbocycles. The van der Waals surface area contributed by atoms with Gasteiger partial charge in [-0.2, -0.15) is 4.37 Å². The summed E-state index contributed by atoms with van der Waals surface area (Å²) in [6.45, 7) is -12.2. The predicted octanol–water partition coefficient (Wildman–Crippen LogP) is 3.23. The molecule has 5 aliphatic rings. The number of benzene rings is 1. The fraction of sp³-hybridized carbons (Fsp3) is 0.679. The van der Waals surface area contributed by atoms with E-state index in [4.69, 9.17) is 11.0 Å². The first-order chi connectivity index (χ1) is 20.6. The van der Waals surface area contributed by atoms with Gasteiger partial charge in [-0.25, -0.2) is 0 Å². The van der Waals surface area contributed by atoms with Crippen LogP contribution in [-0.4, -0.2) is 76.3 Å². The molecular formula is C28H36N4O3S. The summed E-state index contributed by atoms with van der Waals surface area (Å²) in [5, 5.41) is 10.8. The smallest absolute Gasteiger partial charge is 0.233 e. The molecule has 3 aliphatic carbocycles. The number of hydrogen-bond donors (Lipinski definition) is 1. The number of rotatable bonds is 5. The van der Waals surface area contributed by atoms with E-state index >= 15 is 0 Å². The van der Waals surface area contributed by atoms with Crippen molar-refractivity contribution in [3.63, 3.8) is 0 Å². The second-order valence-electron chi connectivity index (χ2n) is 11.0. The van der Waals surface area contributed by atoms with Gasteiger partial charge in [-0.3, -0.25) is 19.4 Å². The number of nitrogens with zero attached hydrogens (tertiary/aromatic N) is 4. The minimum atomic E-state index is -3.03. The minimum Gasteiger partial charge on any atom is -0.393 e. The van der Waals surface area contributed by atoms with Crippen molar-refractivity contribution < 1.29 is 25.7 Å². The van der Waals surface area contributed by atoms with Gasteiger partial charge in [-0.15, -0.1) is 0 Å².